The Bertz CT molecular complexity index is 883. The van der Waals surface area contributed by atoms with Gasteiger partial charge in [0.1, 0.15) is 17.8 Å². The van der Waals surface area contributed by atoms with Crippen LogP contribution in [0.4, 0.5) is 11.5 Å². The molecule has 27 heavy (non-hydrogen) atoms. The third-order valence-electron chi connectivity index (χ3n) is 5.17. The predicted octanol–water partition coefficient (Wildman–Crippen LogP) is 4.18. The molecule has 1 aliphatic heterocycles. The van der Waals surface area contributed by atoms with E-state index in [2.05, 4.69) is 62.6 Å². The van der Waals surface area contributed by atoms with E-state index in [0.717, 1.165) is 37.5 Å². The number of hydrogen-bond donors (Lipinski definition) is 1. The molecule has 1 atom stereocenters. The highest BCUT2D eigenvalue weighted by molar-refractivity contribution is 5.90. The summed E-state index contributed by atoms with van der Waals surface area (Å²) in [5, 5.41) is 1.17. The second-order valence-electron chi connectivity index (χ2n) is 6.55. The first-order valence-corrected chi connectivity index (χ1v) is 9.99. The molecule has 1 aliphatic rings. The molecule has 0 amide bonds. The third-order valence-corrected chi connectivity index (χ3v) is 5.17. The average Bonchev–Trinajstić information content (AvgIpc) is 3.19. The number of fused-ring (bicyclic) bond motifs is 2. The fourth-order valence-corrected chi connectivity index (χ4v) is 3.81. The Hall–Kier alpha value is -2.63. The molecule has 4 rings (SSSR count). The number of nitrogens with one attached hydrogen (secondary N) is 1. The van der Waals surface area contributed by atoms with Gasteiger partial charge in [0.15, 0.2) is 0 Å². The Balaban J connectivity index is 0.00000102. The van der Waals surface area contributed by atoms with Crippen molar-refractivity contribution < 1.29 is 0 Å². The molecule has 0 saturated heterocycles. The highest BCUT2D eigenvalue weighted by Gasteiger charge is 2.28. The molecular formula is C21H30N6. The summed E-state index contributed by atoms with van der Waals surface area (Å²) in [6.45, 7) is 13.3. The lowest BCUT2D eigenvalue weighted by atomic mass is 9.98. The van der Waals surface area contributed by atoms with Crippen molar-refractivity contribution in [3.8, 4) is 0 Å². The minimum Gasteiger partial charge on any atom is -0.363 e. The molecule has 0 spiro atoms. The molecule has 0 saturated carbocycles. The van der Waals surface area contributed by atoms with Crippen LogP contribution in [0, 0.1) is 0 Å². The van der Waals surface area contributed by atoms with Gasteiger partial charge in [0.05, 0.1) is 5.69 Å². The Kier molecular flexibility index (Phi) is 5.94. The van der Waals surface area contributed by atoms with Crippen LogP contribution < -0.4 is 9.80 Å². The summed E-state index contributed by atoms with van der Waals surface area (Å²) in [5.41, 5.74) is 4.59. The van der Waals surface area contributed by atoms with Crippen LogP contribution in [0.15, 0.2) is 30.9 Å². The van der Waals surface area contributed by atoms with Crippen molar-refractivity contribution in [2.24, 2.45) is 0 Å². The second-order valence-corrected chi connectivity index (χ2v) is 6.55. The van der Waals surface area contributed by atoms with Crippen molar-refractivity contribution >= 4 is 22.5 Å². The fourth-order valence-electron chi connectivity index (χ4n) is 3.81. The number of aromatic nitrogens is 4. The van der Waals surface area contributed by atoms with Crippen LogP contribution in [0.1, 0.15) is 45.9 Å². The molecule has 3 aromatic rings. The standard InChI is InChI=1S/C19H24N6.C2H6/c1-4-24(5-2)19-15-11-25(13(3)10-16(15)22-12-23-19)17-7-9-21-18-14(17)6-8-20-18;1-2/h6-9,12-13H,4-5,10-11H2,1-3H3,(H,20,21);1-2H3. The average molecular weight is 367 g/mol. The molecule has 1 N–H and O–H groups in total. The van der Waals surface area contributed by atoms with Gasteiger partial charge in [-0.3, -0.25) is 0 Å². The minimum atomic E-state index is 0.382. The zero-order valence-electron chi connectivity index (χ0n) is 17.0. The maximum absolute atomic E-state index is 4.61. The summed E-state index contributed by atoms with van der Waals surface area (Å²) >= 11 is 0. The van der Waals surface area contributed by atoms with Crippen molar-refractivity contribution in [2.45, 2.75) is 53.6 Å². The predicted molar refractivity (Wildman–Crippen MR) is 112 cm³/mol. The van der Waals surface area contributed by atoms with Gasteiger partial charge in [0, 0.05) is 61.1 Å². The molecule has 0 bridgehead atoms. The summed E-state index contributed by atoms with van der Waals surface area (Å²) in [4.78, 5) is 21.6. The molecule has 0 aromatic carbocycles. The van der Waals surface area contributed by atoms with Crippen molar-refractivity contribution in [1.82, 2.24) is 19.9 Å². The van der Waals surface area contributed by atoms with E-state index in [1.165, 1.54) is 22.3 Å². The van der Waals surface area contributed by atoms with Gasteiger partial charge >= 0.3 is 0 Å². The highest BCUT2D eigenvalue weighted by atomic mass is 15.2. The first-order chi connectivity index (χ1) is 13.2. The van der Waals surface area contributed by atoms with E-state index in [0.29, 0.717) is 6.04 Å². The molecule has 6 nitrogen and oxygen atoms in total. The van der Waals surface area contributed by atoms with Crippen LogP contribution in [-0.2, 0) is 13.0 Å². The van der Waals surface area contributed by atoms with E-state index in [1.807, 2.05) is 26.2 Å². The summed E-state index contributed by atoms with van der Waals surface area (Å²) < 4.78 is 0. The quantitative estimate of drug-likeness (QED) is 0.751. The zero-order chi connectivity index (χ0) is 19.4. The van der Waals surface area contributed by atoms with E-state index >= 15 is 0 Å². The fraction of sp³-hybridized carbons (Fsp3) is 0.476. The zero-order valence-corrected chi connectivity index (χ0v) is 17.0. The number of H-pyrrole nitrogens is 1. The molecule has 4 heterocycles. The smallest absolute Gasteiger partial charge is 0.139 e. The Labute approximate surface area is 161 Å². The topological polar surface area (TPSA) is 60.9 Å². The monoisotopic (exact) mass is 366 g/mol. The molecule has 6 heteroatoms. The van der Waals surface area contributed by atoms with Crippen molar-refractivity contribution in [3.05, 3.63) is 42.1 Å². The van der Waals surface area contributed by atoms with Crippen LogP contribution >= 0.6 is 0 Å². The second kappa shape index (κ2) is 8.37. The molecule has 3 aromatic heterocycles. The van der Waals surface area contributed by atoms with Crippen molar-refractivity contribution in [3.63, 3.8) is 0 Å². The summed E-state index contributed by atoms with van der Waals surface area (Å²) in [6, 6.07) is 4.60. The van der Waals surface area contributed by atoms with Crippen molar-refractivity contribution in [2.75, 3.05) is 22.9 Å². The number of anilines is 2. The molecule has 0 fully saturated rings. The van der Waals surface area contributed by atoms with Crippen LogP contribution in [0.5, 0.6) is 0 Å². The van der Waals surface area contributed by atoms with Crippen molar-refractivity contribution in [1.29, 1.82) is 0 Å². The van der Waals surface area contributed by atoms with Gasteiger partial charge in [-0.25, -0.2) is 15.0 Å². The number of pyridine rings is 1. The molecule has 0 aliphatic carbocycles. The Morgan fingerprint density at radius 3 is 2.67 bits per heavy atom. The first kappa shape index (κ1) is 19.1. The summed E-state index contributed by atoms with van der Waals surface area (Å²) in [6.07, 6.45) is 6.48. The molecule has 144 valence electrons. The molecule has 1 unspecified atom stereocenters. The minimum absolute atomic E-state index is 0.382. The molecular weight excluding hydrogens is 336 g/mol. The highest BCUT2D eigenvalue weighted by Crippen LogP contribution is 2.34. The van der Waals surface area contributed by atoms with Gasteiger partial charge in [0.2, 0.25) is 0 Å². The Morgan fingerprint density at radius 1 is 1.15 bits per heavy atom. The Morgan fingerprint density at radius 2 is 1.93 bits per heavy atom. The summed E-state index contributed by atoms with van der Waals surface area (Å²) in [5.74, 6) is 1.08. The van der Waals surface area contributed by atoms with Crippen LogP contribution in [0.2, 0.25) is 0 Å². The van der Waals surface area contributed by atoms with Gasteiger partial charge in [0.25, 0.3) is 0 Å². The number of nitrogens with zero attached hydrogens (tertiary/aromatic N) is 5. The van der Waals surface area contributed by atoms with E-state index < -0.39 is 0 Å². The third kappa shape index (κ3) is 3.48. The molecule has 0 radical (unpaired) electrons. The van der Waals surface area contributed by atoms with Gasteiger partial charge in [-0.1, -0.05) is 13.8 Å². The normalized spacial score (nSPS) is 15.9. The maximum atomic E-state index is 4.61. The number of rotatable bonds is 4. The van der Waals surface area contributed by atoms with Gasteiger partial charge in [-0.15, -0.1) is 0 Å². The maximum Gasteiger partial charge on any atom is 0.139 e. The van der Waals surface area contributed by atoms with E-state index in [1.54, 1.807) is 6.33 Å². The van der Waals surface area contributed by atoms with E-state index in [4.69, 9.17) is 0 Å². The van der Waals surface area contributed by atoms with Crippen LogP contribution in [0.3, 0.4) is 0 Å². The van der Waals surface area contributed by atoms with Gasteiger partial charge in [-0.2, -0.15) is 0 Å². The van der Waals surface area contributed by atoms with E-state index in [-0.39, 0.29) is 0 Å². The van der Waals surface area contributed by atoms with Crippen LogP contribution in [0.25, 0.3) is 11.0 Å². The van der Waals surface area contributed by atoms with Gasteiger partial charge < -0.3 is 14.8 Å². The SMILES string of the molecule is CC.CCN(CC)c1ncnc2c1CN(c1ccnc3[nH]ccc13)C(C)C2. The summed E-state index contributed by atoms with van der Waals surface area (Å²) in [7, 11) is 0. The van der Waals surface area contributed by atoms with Gasteiger partial charge in [-0.05, 0) is 32.9 Å². The lowest BCUT2D eigenvalue weighted by molar-refractivity contribution is 0.578. The number of aromatic amines is 1. The largest absolute Gasteiger partial charge is 0.363 e. The van der Waals surface area contributed by atoms with E-state index in [9.17, 15) is 0 Å². The van der Waals surface area contributed by atoms with Crippen LogP contribution in [-0.4, -0.2) is 39.1 Å². The first-order valence-electron chi connectivity index (χ1n) is 9.99. The lowest BCUT2D eigenvalue weighted by Crippen LogP contribution is -2.40. The lowest BCUT2D eigenvalue weighted by Gasteiger charge is -2.38. The number of hydrogen-bond acceptors (Lipinski definition) is 5.